The SMILES string of the molecule is C#Cc1ccc(S(=O)(=O)c2ccc(Oc3ccc(C(C)(C)c4ccc(Oc5ccc(S(=O)(=O)c6ccc(C#C)cc6)cc5)cc4)cc3)cc2)cc1. The molecule has 0 aliphatic rings. The first kappa shape index (κ1) is 34.8. The largest absolute Gasteiger partial charge is 0.457 e. The van der Waals surface area contributed by atoms with Crippen molar-refractivity contribution in [1.82, 2.24) is 0 Å². The summed E-state index contributed by atoms with van der Waals surface area (Å²) in [5, 5.41) is 0. The quantitative estimate of drug-likeness (QED) is 0.132. The highest BCUT2D eigenvalue weighted by molar-refractivity contribution is 7.91. The van der Waals surface area contributed by atoms with E-state index in [-0.39, 0.29) is 25.0 Å². The molecule has 0 atom stereocenters. The number of sulfone groups is 2. The third-order valence-electron chi connectivity index (χ3n) is 8.55. The summed E-state index contributed by atoms with van der Waals surface area (Å²) in [6, 6.07) is 40.5. The second-order valence-corrected chi connectivity index (χ2v) is 16.1. The molecule has 0 aliphatic heterocycles. The van der Waals surface area contributed by atoms with Gasteiger partial charge in [0.05, 0.1) is 19.6 Å². The number of hydrogen-bond acceptors (Lipinski definition) is 6. The fourth-order valence-corrected chi connectivity index (χ4v) is 7.95. The summed E-state index contributed by atoms with van der Waals surface area (Å²) in [6.07, 6.45) is 10.8. The molecule has 0 spiro atoms. The zero-order chi connectivity index (χ0) is 36.2. The molecule has 51 heavy (non-hydrogen) atoms. The zero-order valence-corrected chi connectivity index (χ0v) is 29.4. The molecule has 0 unspecified atom stereocenters. The third kappa shape index (κ3) is 7.44. The number of hydrogen-bond donors (Lipinski definition) is 0. The summed E-state index contributed by atoms with van der Waals surface area (Å²) in [5.41, 5.74) is 2.99. The van der Waals surface area contributed by atoms with Gasteiger partial charge in [-0.2, -0.15) is 0 Å². The minimum atomic E-state index is -3.69. The summed E-state index contributed by atoms with van der Waals surface area (Å²) in [6.45, 7) is 4.24. The van der Waals surface area contributed by atoms with Gasteiger partial charge in [-0.05, 0) is 132 Å². The van der Waals surface area contributed by atoms with Crippen molar-refractivity contribution in [2.75, 3.05) is 0 Å². The summed E-state index contributed by atoms with van der Waals surface area (Å²) >= 11 is 0. The van der Waals surface area contributed by atoms with E-state index in [4.69, 9.17) is 22.3 Å². The number of rotatable bonds is 10. The molecule has 0 fully saturated rings. The molecule has 252 valence electrons. The van der Waals surface area contributed by atoms with Crippen LogP contribution in [0.1, 0.15) is 36.1 Å². The second kappa shape index (κ2) is 14.0. The van der Waals surface area contributed by atoms with Crippen LogP contribution in [0.5, 0.6) is 23.0 Å². The van der Waals surface area contributed by atoms with Crippen molar-refractivity contribution in [1.29, 1.82) is 0 Å². The van der Waals surface area contributed by atoms with Crippen molar-refractivity contribution in [3.8, 4) is 47.7 Å². The van der Waals surface area contributed by atoms with Gasteiger partial charge in [0.15, 0.2) is 0 Å². The minimum absolute atomic E-state index is 0.157. The standard InChI is InChI=1S/C43H32O6S2/c1-5-31-7-23-39(24-8-31)50(44,45)41-27-19-37(20-28-41)48-35-15-11-33(12-16-35)43(3,4)34-13-17-36(18-14-34)49-38-21-29-42(30-22-38)51(46,47)40-25-9-32(6-2)10-26-40/h1-2,7-30H,3-4H3. The maximum atomic E-state index is 13.0. The van der Waals surface area contributed by atoms with Crippen molar-refractivity contribution < 1.29 is 26.3 Å². The van der Waals surface area contributed by atoms with Crippen LogP contribution in [0.3, 0.4) is 0 Å². The van der Waals surface area contributed by atoms with Gasteiger partial charge in [-0.3, -0.25) is 0 Å². The Kier molecular flexibility index (Phi) is 9.58. The number of terminal acetylenes is 2. The molecular weight excluding hydrogens is 677 g/mol. The maximum Gasteiger partial charge on any atom is 0.206 e. The van der Waals surface area contributed by atoms with Crippen LogP contribution in [0.25, 0.3) is 0 Å². The molecule has 0 saturated heterocycles. The van der Waals surface area contributed by atoms with Crippen LogP contribution in [0, 0.1) is 24.7 Å². The van der Waals surface area contributed by atoms with E-state index < -0.39 is 19.7 Å². The van der Waals surface area contributed by atoms with E-state index in [0.717, 1.165) is 11.1 Å². The lowest BCUT2D eigenvalue weighted by Gasteiger charge is -2.26. The Labute approximate surface area is 299 Å². The van der Waals surface area contributed by atoms with Crippen LogP contribution in [0.2, 0.25) is 0 Å². The van der Waals surface area contributed by atoms with E-state index in [1.807, 2.05) is 48.5 Å². The molecule has 0 aromatic heterocycles. The normalized spacial score (nSPS) is 11.6. The van der Waals surface area contributed by atoms with E-state index in [1.165, 1.54) is 48.5 Å². The van der Waals surface area contributed by atoms with Gasteiger partial charge in [0.25, 0.3) is 0 Å². The lowest BCUT2D eigenvalue weighted by molar-refractivity contribution is 0.480. The van der Waals surface area contributed by atoms with Crippen molar-refractivity contribution in [2.24, 2.45) is 0 Å². The van der Waals surface area contributed by atoms with E-state index in [9.17, 15) is 16.8 Å². The van der Waals surface area contributed by atoms with Crippen molar-refractivity contribution in [3.05, 3.63) is 168 Å². The Balaban J connectivity index is 1.08. The summed E-state index contributed by atoms with van der Waals surface area (Å²) < 4.78 is 64.1. The first-order valence-electron chi connectivity index (χ1n) is 15.8. The Morgan fingerprint density at radius 1 is 0.412 bits per heavy atom. The molecule has 8 heteroatoms. The average Bonchev–Trinajstić information content (AvgIpc) is 3.16. The smallest absolute Gasteiger partial charge is 0.206 e. The van der Waals surface area contributed by atoms with Crippen LogP contribution >= 0.6 is 0 Å². The topological polar surface area (TPSA) is 86.7 Å². The lowest BCUT2D eigenvalue weighted by Crippen LogP contribution is -2.18. The fourth-order valence-electron chi connectivity index (χ4n) is 5.42. The lowest BCUT2D eigenvalue weighted by atomic mass is 9.78. The summed E-state index contributed by atoms with van der Waals surface area (Å²) in [7, 11) is -7.39. The van der Waals surface area contributed by atoms with E-state index in [1.54, 1.807) is 48.5 Å². The molecule has 0 radical (unpaired) electrons. The van der Waals surface area contributed by atoms with Crippen LogP contribution in [-0.2, 0) is 25.1 Å². The summed E-state index contributed by atoms with van der Waals surface area (Å²) in [5.74, 6) is 7.20. The molecule has 6 rings (SSSR count). The van der Waals surface area contributed by atoms with E-state index in [2.05, 4.69) is 25.7 Å². The molecule has 6 aromatic carbocycles. The molecule has 0 amide bonds. The monoisotopic (exact) mass is 708 g/mol. The van der Waals surface area contributed by atoms with Crippen molar-refractivity contribution in [2.45, 2.75) is 38.8 Å². The van der Waals surface area contributed by atoms with Crippen LogP contribution < -0.4 is 9.47 Å². The first-order chi connectivity index (χ1) is 24.4. The summed E-state index contributed by atoms with van der Waals surface area (Å²) in [4.78, 5) is 0.648. The highest BCUT2D eigenvalue weighted by Crippen LogP contribution is 2.35. The molecule has 0 aliphatic carbocycles. The molecule has 6 nitrogen and oxygen atoms in total. The Hall–Kier alpha value is -6.06. The van der Waals surface area contributed by atoms with E-state index >= 15 is 0 Å². The maximum absolute atomic E-state index is 13.0. The van der Waals surface area contributed by atoms with Gasteiger partial charge in [0.1, 0.15) is 23.0 Å². The van der Waals surface area contributed by atoms with E-state index in [0.29, 0.717) is 34.1 Å². The predicted molar refractivity (Wildman–Crippen MR) is 198 cm³/mol. The highest BCUT2D eigenvalue weighted by atomic mass is 32.2. The van der Waals surface area contributed by atoms with Gasteiger partial charge in [0, 0.05) is 16.5 Å². The molecular formula is C43H32O6S2. The molecule has 0 bridgehead atoms. The third-order valence-corrected chi connectivity index (χ3v) is 12.1. The molecule has 0 saturated carbocycles. The van der Waals surface area contributed by atoms with Gasteiger partial charge in [-0.15, -0.1) is 12.8 Å². The zero-order valence-electron chi connectivity index (χ0n) is 27.8. The Bertz CT molecular complexity index is 2290. The average molecular weight is 709 g/mol. The molecule has 0 N–H and O–H groups in total. The predicted octanol–water partition coefficient (Wildman–Crippen LogP) is 9.23. The molecule has 0 heterocycles. The minimum Gasteiger partial charge on any atom is -0.457 e. The van der Waals surface area contributed by atoms with Gasteiger partial charge in [0.2, 0.25) is 19.7 Å². The first-order valence-corrected chi connectivity index (χ1v) is 18.8. The van der Waals surface area contributed by atoms with Crippen LogP contribution in [0.4, 0.5) is 0 Å². The fraction of sp³-hybridized carbons (Fsp3) is 0.0698. The second-order valence-electron chi connectivity index (χ2n) is 12.2. The number of ether oxygens (including phenoxy) is 2. The number of benzene rings is 6. The van der Waals surface area contributed by atoms with Crippen LogP contribution in [0.15, 0.2) is 165 Å². The van der Waals surface area contributed by atoms with Gasteiger partial charge in [-0.25, -0.2) is 16.8 Å². The molecule has 6 aromatic rings. The van der Waals surface area contributed by atoms with Crippen molar-refractivity contribution in [3.63, 3.8) is 0 Å². The van der Waals surface area contributed by atoms with Crippen LogP contribution in [-0.4, -0.2) is 16.8 Å². The van der Waals surface area contributed by atoms with Gasteiger partial charge in [-0.1, -0.05) is 50.0 Å². The van der Waals surface area contributed by atoms with Gasteiger partial charge < -0.3 is 9.47 Å². The highest BCUT2D eigenvalue weighted by Gasteiger charge is 2.24. The Morgan fingerprint density at radius 3 is 0.902 bits per heavy atom. The van der Waals surface area contributed by atoms with Gasteiger partial charge >= 0.3 is 0 Å². The van der Waals surface area contributed by atoms with Crippen molar-refractivity contribution >= 4 is 19.7 Å². The Morgan fingerprint density at radius 2 is 0.647 bits per heavy atom.